The van der Waals surface area contributed by atoms with Crippen LogP contribution >= 0.6 is 0 Å². The summed E-state index contributed by atoms with van der Waals surface area (Å²) in [5, 5.41) is 1.12. The van der Waals surface area contributed by atoms with Crippen molar-refractivity contribution in [3.05, 3.63) is 36.0 Å². The number of hydrogen-bond donors (Lipinski definition) is 1. The van der Waals surface area contributed by atoms with Crippen molar-refractivity contribution in [3.8, 4) is 0 Å². The first-order chi connectivity index (χ1) is 10.3. The van der Waals surface area contributed by atoms with Crippen molar-refractivity contribution < 1.29 is 4.79 Å². The second-order valence-corrected chi connectivity index (χ2v) is 6.61. The Kier molecular flexibility index (Phi) is 3.21. The highest BCUT2D eigenvalue weighted by Crippen LogP contribution is 2.36. The molecule has 1 aliphatic carbocycles. The normalized spacial score (nSPS) is 25.8. The molecule has 0 radical (unpaired) electrons. The quantitative estimate of drug-likeness (QED) is 0.848. The number of nitrogens with one attached hydrogen (secondary N) is 1. The summed E-state index contributed by atoms with van der Waals surface area (Å²) >= 11 is 0. The van der Waals surface area contributed by atoms with Crippen molar-refractivity contribution in [1.29, 1.82) is 0 Å². The van der Waals surface area contributed by atoms with Crippen LogP contribution in [0.5, 0.6) is 0 Å². The average molecular weight is 282 g/mol. The van der Waals surface area contributed by atoms with Gasteiger partial charge in [0.15, 0.2) is 0 Å². The lowest BCUT2D eigenvalue weighted by Crippen LogP contribution is -2.44. The van der Waals surface area contributed by atoms with E-state index in [9.17, 15) is 4.79 Å². The third-order valence-corrected chi connectivity index (χ3v) is 5.34. The minimum absolute atomic E-state index is 0.176. The lowest BCUT2D eigenvalue weighted by Gasteiger charge is -2.41. The molecule has 1 saturated heterocycles. The number of hydrogen-bond acceptors (Lipinski definition) is 1. The van der Waals surface area contributed by atoms with Crippen molar-refractivity contribution in [2.24, 2.45) is 11.8 Å². The maximum atomic E-state index is 12.7. The number of rotatable bonds is 1. The zero-order chi connectivity index (χ0) is 14.2. The molecule has 0 unspecified atom stereocenters. The molecule has 2 heterocycles. The second kappa shape index (κ2) is 5.21. The van der Waals surface area contributed by atoms with Gasteiger partial charge in [0.25, 0.3) is 5.91 Å². The summed E-state index contributed by atoms with van der Waals surface area (Å²) in [4.78, 5) is 18.1. The number of carbonyl (C=O) groups is 1. The molecule has 0 spiro atoms. The van der Waals surface area contributed by atoms with Gasteiger partial charge < -0.3 is 9.88 Å². The van der Waals surface area contributed by atoms with Crippen LogP contribution in [0, 0.1) is 11.8 Å². The Morgan fingerprint density at radius 2 is 1.90 bits per heavy atom. The van der Waals surface area contributed by atoms with Crippen LogP contribution in [0.1, 0.15) is 42.6 Å². The van der Waals surface area contributed by atoms with Crippen LogP contribution in [0.3, 0.4) is 0 Å². The lowest BCUT2D eigenvalue weighted by atomic mass is 9.75. The molecule has 1 aromatic carbocycles. The van der Waals surface area contributed by atoms with Gasteiger partial charge in [-0.2, -0.15) is 0 Å². The van der Waals surface area contributed by atoms with Crippen molar-refractivity contribution in [2.75, 3.05) is 13.1 Å². The third kappa shape index (κ3) is 2.35. The zero-order valence-electron chi connectivity index (χ0n) is 12.3. The molecular weight excluding hydrogens is 260 g/mol. The van der Waals surface area contributed by atoms with Crippen LogP contribution in [-0.2, 0) is 0 Å². The maximum Gasteiger partial charge on any atom is 0.270 e. The lowest BCUT2D eigenvalue weighted by molar-refractivity contribution is 0.0516. The summed E-state index contributed by atoms with van der Waals surface area (Å²) in [6, 6.07) is 10.1. The van der Waals surface area contributed by atoms with Crippen molar-refractivity contribution >= 4 is 16.8 Å². The maximum absolute atomic E-state index is 12.7. The summed E-state index contributed by atoms with van der Waals surface area (Å²) < 4.78 is 0. The minimum Gasteiger partial charge on any atom is -0.351 e. The zero-order valence-corrected chi connectivity index (χ0v) is 12.3. The van der Waals surface area contributed by atoms with E-state index in [1.165, 1.54) is 32.1 Å². The number of aromatic amines is 1. The third-order valence-electron chi connectivity index (χ3n) is 5.34. The molecule has 1 N–H and O–H groups in total. The van der Waals surface area contributed by atoms with Gasteiger partial charge in [-0.1, -0.05) is 37.5 Å². The number of nitrogens with zero attached hydrogens (tertiary/aromatic N) is 1. The van der Waals surface area contributed by atoms with Crippen LogP contribution in [0.15, 0.2) is 30.3 Å². The van der Waals surface area contributed by atoms with Gasteiger partial charge in [-0.25, -0.2) is 0 Å². The van der Waals surface area contributed by atoms with Gasteiger partial charge in [-0.15, -0.1) is 0 Å². The van der Waals surface area contributed by atoms with E-state index in [0.717, 1.165) is 41.5 Å². The standard InChI is InChI=1S/C18H22N2O/c21-18(17-11-14-6-3-4-8-16(14)19-17)20-10-9-13-5-1-2-7-15(13)12-20/h3-4,6,8,11,13,15,19H,1-2,5,7,9-10,12H2/t13-,15-/m0/s1. The fraction of sp³-hybridized carbons (Fsp3) is 0.500. The summed E-state index contributed by atoms with van der Waals surface area (Å²) in [6.45, 7) is 1.88. The van der Waals surface area contributed by atoms with Crippen LogP contribution in [0.25, 0.3) is 10.9 Å². The van der Waals surface area contributed by atoms with Crippen LogP contribution in [0.4, 0.5) is 0 Å². The number of aromatic nitrogens is 1. The van der Waals surface area contributed by atoms with Gasteiger partial charge in [0.05, 0.1) is 0 Å². The van der Waals surface area contributed by atoms with E-state index in [2.05, 4.69) is 16.0 Å². The fourth-order valence-electron chi connectivity index (χ4n) is 4.14. The Morgan fingerprint density at radius 1 is 1.10 bits per heavy atom. The SMILES string of the molecule is O=C(c1cc2ccccc2[nH]1)N1CC[C@@H]2CCCC[C@H]2C1. The molecule has 1 aliphatic heterocycles. The van der Waals surface area contributed by atoms with E-state index < -0.39 is 0 Å². The van der Waals surface area contributed by atoms with E-state index >= 15 is 0 Å². The highest BCUT2D eigenvalue weighted by Gasteiger charge is 2.33. The predicted molar refractivity (Wildman–Crippen MR) is 84.3 cm³/mol. The number of para-hydroxylation sites is 1. The smallest absolute Gasteiger partial charge is 0.270 e. The Hall–Kier alpha value is -1.77. The first kappa shape index (κ1) is 12.9. The summed E-state index contributed by atoms with van der Waals surface area (Å²) in [5.41, 5.74) is 1.79. The highest BCUT2D eigenvalue weighted by atomic mass is 16.2. The monoisotopic (exact) mass is 282 g/mol. The molecule has 3 nitrogen and oxygen atoms in total. The molecule has 21 heavy (non-hydrogen) atoms. The Balaban J connectivity index is 1.54. The molecule has 1 amide bonds. The number of piperidine rings is 1. The first-order valence-electron chi connectivity index (χ1n) is 8.18. The average Bonchev–Trinajstić information content (AvgIpc) is 2.97. The van der Waals surface area contributed by atoms with Gasteiger partial charge in [0.1, 0.15) is 5.69 Å². The fourth-order valence-corrected chi connectivity index (χ4v) is 4.14. The molecule has 0 bridgehead atoms. The number of benzene rings is 1. The van der Waals surface area contributed by atoms with E-state index in [4.69, 9.17) is 0 Å². The van der Waals surface area contributed by atoms with Gasteiger partial charge in [-0.05, 0) is 36.8 Å². The molecule has 3 heteroatoms. The predicted octanol–water partition coefficient (Wildman–Crippen LogP) is 3.82. The molecular formula is C18H22N2O. The molecule has 1 saturated carbocycles. The Labute approximate surface area is 125 Å². The second-order valence-electron chi connectivity index (χ2n) is 6.61. The number of fused-ring (bicyclic) bond motifs is 2. The number of carbonyl (C=O) groups excluding carboxylic acids is 1. The number of H-pyrrole nitrogens is 1. The van der Waals surface area contributed by atoms with E-state index in [1.807, 2.05) is 24.3 Å². The van der Waals surface area contributed by atoms with E-state index in [-0.39, 0.29) is 5.91 Å². The van der Waals surface area contributed by atoms with Gasteiger partial charge in [-0.3, -0.25) is 4.79 Å². The first-order valence-corrected chi connectivity index (χ1v) is 8.18. The molecule has 2 fully saturated rings. The van der Waals surface area contributed by atoms with Crippen LogP contribution < -0.4 is 0 Å². The topological polar surface area (TPSA) is 36.1 Å². The molecule has 2 aliphatic rings. The van der Waals surface area contributed by atoms with E-state index in [0.29, 0.717) is 0 Å². The van der Waals surface area contributed by atoms with Crippen LogP contribution in [0.2, 0.25) is 0 Å². The number of amides is 1. The molecule has 110 valence electrons. The number of likely N-dealkylation sites (tertiary alicyclic amines) is 1. The largest absolute Gasteiger partial charge is 0.351 e. The van der Waals surface area contributed by atoms with Gasteiger partial charge in [0.2, 0.25) is 0 Å². The summed E-state index contributed by atoms with van der Waals surface area (Å²) in [6.07, 6.45) is 6.60. The Bertz CT molecular complexity index is 627. The van der Waals surface area contributed by atoms with E-state index in [1.54, 1.807) is 0 Å². The van der Waals surface area contributed by atoms with Gasteiger partial charge >= 0.3 is 0 Å². The Morgan fingerprint density at radius 3 is 2.76 bits per heavy atom. The summed E-state index contributed by atoms with van der Waals surface area (Å²) in [7, 11) is 0. The molecule has 2 aromatic rings. The highest BCUT2D eigenvalue weighted by molar-refractivity contribution is 5.98. The van der Waals surface area contributed by atoms with Crippen molar-refractivity contribution in [3.63, 3.8) is 0 Å². The van der Waals surface area contributed by atoms with Crippen molar-refractivity contribution in [2.45, 2.75) is 32.1 Å². The molecule has 4 rings (SSSR count). The molecule has 2 atom stereocenters. The van der Waals surface area contributed by atoms with Crippen molar-refractivity contribution in [1.82, 2.24) is 9.88 Å². The minimum atomic E-state index is 0.176. The van der Waals surface area contributed by atoms with Gasteiger partial charge in [0, 0.05) is 24.0 Å². The summed E-state index contributed by atoms with van der Waals surface area (Å²) in [5.74, 6) is 1.78. The molecule has 1 aromatic heterocycles. The van der Waals surface area contributed by atoms with Crippen LogP contribution in [-0.4, -0.2) is 28.9 Å².